The number of hydrogen-bond acceptors (Lipinski definition) is 7. The summed E-state index contributed by atoms with van der Waals surface area (Å²) in [5, 5.41) is 12.4. The SMILES string of the molecule is COc1ccc([N+](=O)[O-])cc1Sc1nc2c([nH]1)c(N)nc[n+]2CCc1ccccc1Cl. The van der Waals surface area contributed by atoms with Gasteiger partial charge < -0.3 is 15.5 Å². The quantitative estimate of drug-likeness (QED) is 0.246. The highest BCUT2D eigenvalue weighted by Gasteiger charge is 2.21. The van der Waals surface area contributed by atoms with Crippen LogP contribution in [0, 0.1) is 10.1 Å². The lowest BCUT2D eigenvalue weighted by Crippen LogP contribution is -2.36. The first kappa shape index (κ1) is 20.9. The van der Waals surface area contributed by atoms with Crippen LogP contribution in [0.15, 0.2) is 58.8 Å². The Morgan fingerprint density at radius 1 is 1.32 bits per heavy atom. The molecule has 9 nitrogen and oxygen atoms in total. The highest BCUT2D eigenvalue weighted by atomic mass is 35.5. The van der Waals surface area contributed by atoms with E-state index < -0.39 is 4.92 Å². The number of aromatic nitrogens is 4. The molecular weight excluding hydrogens is 440 g/mol. The van der Waals surface area contributed by atoms with E-state index in [1.54, 1.807) is 12.4 Å². The lowest BCUT2D eigenvalue weighted by atomic mass is 10.1. The van der Waals surface area contributed by atoms with Crippen LogP contribution in [0.1, 0.15) is 5.56 Å². The fourth-order valence-electron chi connectivity index (χ4n) is 3.10. The van der Waals surface area contributed by atoms with Crippen molar-refractivity contribution in [2.45, 2.75) is 23.0 Å². The number of nitrogen functional groups attached to an aromatic ring is 1. The first-order chi connectivity index (χ1) is 15.0. The minimum Gasteiger partial charge on any atom is -0.496 e. The maximum atomic E-state index is 11.1. The van der Waals surface area contributed by atoms with Gasteiger partial charge in [-0.15, -0.1) is 0 Å². The summed E-state index contributed by atoms with van der Waals surface area (Å²) in [6.45, 7) is 0.600. The van der Waals surface area contributed by atoms with E-state index in [1.807, 2.05) is 28.8 Å². The number of imidazole rings is 1. The lowest BCUT2D eigenvalue weighted by molar-refractivity contribution is -0.675. The first-order valence-electron chi connectivity index (χ1n) is 9.23. The van der Waals surface area contributed by atoms with Gasteiger partial charge in [-0.2, -0.15) is 0 Å². The molecule has 4 rings (SSSR count). The predicted molar refractivity (Wildman–Crippen MR) is 117 cm³/mol. The molecule has 2 heterocycles. The summed E-state index contributed by atoms with van der Waals surface area (Å²) in [7, 11) is 1.51. The Hall–Kier alpha value is -3.37. The highest BCUT2D eigenvalue weighted by molar-refractivity contribution is 7.99. The predicted octanol–water partition coefficient (Wildman–Crippen LogP) is 3.79. The van der Waals surface area contributed by atoms with Crippen molar-refractivity contribution in [3.8, 4) is 5.75 Å². The van der Waals surface area contributed by atoms with Crippen LogP contribution in [-0.4, -0.2) is 27.0 Å². The van der Waals surface area contributed by atoms with Crippen molar-refractivity contribution < 1.29 is 14.2 Å². The molecular formula is C20H18ClN6O3S+. The molecule has 0 amide bonds. The molecule has 0 radical (unpaired) electrons. The number of anilines is 1. The molecule has 0 saturated heterocycles. The van der Waals surface area contributed by atoms with Gasteiger partial charge in [-0.1, -0.05) is 39.8 Å². The van der Waals surface area contributed by atoms with Crippen LogP contribution in [0.4, 0.5) is 11.5 Å². The number of nitrogens with two attached hydrogens (primary N) is 1. The molecule has 0 aliphatic carbocycles. The number of benzene rings is 2. The van der Waals surface area contributed by atoms with Crippen molar-refractivity contribution in [2.24, 2.45) is 0 Å². The molecule has 0 bridgehead atoms. The van der Waals surface area contributed by atoms with Crippen molar-refractivity contribution in [2.75, 3.05) is 12.8 Å². The number of nitro groups is 1. The van der Waals surface area contributed by atoms with Gasteiger partial charge in [-0.05, 0) is 29.5 Å². The van der Waals surface area contributed by atoms with E-state index in [-0.39, 0.29) is 5.69 Å². The van der Waals surface area contributed by atoms with Crippen molar-refractivity contribution >= 4 is 46.0 Å². The maximum Gasteiger partial charge on any atom is 0.294 e. The number of non-ortho nitro benzene ring substituents is 1. The van der Waals surface area contributed by atoms with Crippen LogP contribution >= 0.6 is 23.4 Å². The van der Waals surface area contributed by atoms with Gasteiger partial charge in [-0.3, -0.25) is 10.1 Å². The third kappa shape index (κ3) is 4.39. The number of H-pyrrole nitrogens is 1. The molecule has 3 N–H and O–H groups in total. The Morgan fingerprint density at radius 3 is 2.87 bits per heavy atom. The molecule has 2 aromatic carbocycles. The number of fused-ring (bicyclic) bond motifs is 1. The van der Waals surface area contributed by atoms with Gasteiger partial charge in [-0.25, -0.2) is 4.57 Å². The zero-order chi connectivity index (χ0) is 22.0. The summed E-state index contributed by atoms with van der Waals surface area (Å²) in [4.78, 5) is 23.3. The summed E-state index contributed by atoms with van der Waals surface area (Å²) in [5.74, 6) is 0.822. The minimum atomic E-state index is -0.452. The molecule has 4 aromatic rings. The van der Waals surface area contributed by atoms with Gasteiger partial charge in [0, 0.05) is 23.6 Å². The second-order valence-corrected chi connectivity index (χ2v) is 8.04. The Labute approximate surface area is 186 Å². The Kier molecular flexibility index (Phi) is 5.92. The van der Waals surface area contributed by atoms with E-state index in [0.29, 0.717) is 50.8 Å². The minimum absolute atomic E-state index is 0.0320. The number of aromatic amines is 1. The van der Waals surface area contributed by atoms with Crippen LogP contribution < -0.4 is 15.0 Å². The van der Waals surface area contributed by atoms with Crippen LogP contribution in [0.3, 0.4) is 0 Å². The van der Waals surface area contributed by atoms with E-state index in [1.165, 1.54) is 31.0 Å². The molecule has 0 saturated carbocycles. The summed E-state index contributed by atoms with van der Waals surface area (Å²) in [5.41, 5.74) is 8.25. The van der Waals surface area contributed by atoms with Crippen LogP contribution in [0.25, 0.3) is 11.2 Å². The topological polar surface area (TPSA) is 124 Å². The van der Waals surface area contributed by atoms with E-state index in [4.69, 9.17) is 22.1 Å². The molecule has 0 unspecified atom stereocenters. The van der Waals surface area contributed by atoms with Gasteiger partial charge in [0.1, 0.15) is 5.75 Å². The number of nitro benzene ring substituents is 1. The largest absolute Gasteiger partial charge is 0.496 e. The van der Waals surface area contributed by atoms with Crippen molar-refractivity contribution in [1.29, 1.82) is 0 Å². The number of nitrogens with zero attached hydrogens (tertiary/aromatic N) is 4. The number of rotatable bonds is 7. The Balaban J connectivity index is 1.66. The van der Waals surface area contributed by atoms with E-state index in [9.17, 15) is 10.1 Å². The zero-order valence-corrected chi connectivity index (χ0v) is 18.0. The zero-order valence-electron chi connectivity index (χ0n) is 16.4. The van der Waals surface area contributed by atoms with Gasteiger partial charge in [0.25, 0.3) is 11.3 Å². The molecule has 0 atom stereocenters. The summed E-state index contributed by atoms with van der Waals surface area (Å²) in [6.07, 6.45) is 2.33. The third-order valence-corrected chi connectivity index (χ3v) is 5.97. The van der Waals surface area contributed by atoms with Crippen LogP contribution in [0.2, 0.25) is 5.02 Å². The highest BCUT2D eigenvalue weighted by Crippen LogP contribution is 2.36. The maximum absolute atomic E-state index is 11.1. The second kappa shape index (κ2) is 8.78. The van der Waals surface area contributed by atoms with Crippen LogP contribution in [-0.2, 0) is 13.0 Å². The van der Waals surface area contributed by atoms with Crippen molar-refractivity contribution in [3.05, 3.63) is 69.5 Å². The van der Waals surface area contributed by atoms with Crippen LogP contribution in [0.5, 0.6) is 5.75 Å². The van der Waals surface area contributed by atoms with E-state index in [2.05, 4.69) is 15.0 Å². The first-order valence-corrected chi connectivity index (χ1v) is 10.4. The fourth-order valence-corrected chi connectivity index (χ4v) is 4.25. The van der Waals surface area contributed by atoms with Crippen molar-refractivity contribution in [1.82, 2.24) is 15.0 Å². The average molecular weight is 458 g/mol. The smallest absolute Gasteiger partial charge is 0.294 e. The van der Waals surface area contributed by atoms with E-state index >= 15 is 0 Å². The van der Waals surface area contributed by atoms with Gasteiger partial charge in [0.05, 0.1) is 23.5 Å². The Morgan fingerprint density at radius 2 is 2.13 bits per heavy atom. The van der Waals surface area contributed by atoms with Gasteiger partial charge in [0.15, 0.2) is 5.52 Å². The summed E-state index contributed by atoms with van der Waals surface area (Å²) < 4.78 is 7.22. The standard InChI is InChI=1S/C20H17ClN6O3S/c1-30-15-7-6-13(27(28)29)10-16(15)31-20-24-17-18(22)23-11-26(19(17)25-20)9-8-12-4-2-3-5-14(12)21/h2-7,10-11H,8-9H2,1H3,(H2,22,24,25)/p+1. The normalized spacial score (nSPS) is 11.0. The molecule has 0 fully saturated rings. The van der Waals surface area contributed by atoms with Gasteiger partial charge in [0.2, 0.25) is 17.3 Å². The fraction of sp³-hybridized carbons (Fsp3) is 0.150. The molecule has 11 heteroatoms. The molecule has 0 spiro atoms. The van der Waals surface area contributed by atoms with E-state index in [0.717, 1.165) is 5.56 Å². The molecule has 2 aromatic heterocycles. The number of nitrogens with one attached hydrogen (secondary N) is 1. The molecule has 0 aliphatic heterocycles. The summed E-state index contributed by atoms with van der Waals surface area (Å²) in [6, 6.07) is 12.1. The van der Waals surface area contributed by atoms with Gasteiger partial charge >= 0.3 is 0 Å². The third-order valence-electron chi connectivity index (χ3n) is 4.67. The number of methoxy groups -OCH3 is 1. The molecule has 0 aliphatic rings. The number of ether oxygens (including phenoxy) is 1. The summed E-state index contributed by atoms with van der Waals surface area (Å²) >= 11 is 7.48. The molecule has 31 heavy (non-hydrogen) atoms. The average Bonchev–Trinajstić information content (AvgIpc) is 3.19. The lowest BCUT2D eigenvalue weighted by Gasteiger charge is -2.05. The molecule has 158 valence electrons. The number of aryl methyl sites for hydroxylation is 2. The van der Waals surface area contributed by atoms with Crippen molar-refractivity contribution in [3.63, 3.8) is 0 Å². The number of halogens is 1. The number of hydrogen-bond donors (Lipinski definition) is 2. The second-order valence-electron chi connectivity index (χ2n) is 6.60. The Bertz CT molecular complexity index is 1280. The monoisotopic (exact) mass is 457 g/mol.